The van der Waals surface area contributed by atoms with E-state index in [0.717, 1.165) is 6.33 Å². The van der Waals surface area contributed by atoms with Gasteiger partial charge in [0.15, 0.2) is 0 Å². The van der Waals surface area contributed by atoms with Gasteiger partial charge in [0.25, 0.3) is 0 Å². The molecule has 1 heterocycles. The van der Waals surface area contributed by atoms with Crippen molar-refractivity contribution in [1.29, 1.82) is 0 Å². The number of hydrogen-bond donors (Lipinski definition) is 4. The summed E-state index contributed by atoms with van der Waals surface area (Å²) >= 11 is 0. The molecule has 0 bridgehead atoms. The van der Waals surface area contributed by atoms with Crippen LogP contribution in [0.5, 0.6) is 0 Å². The molecule has 0 saturated carbocycles. The molecular formula is C5H13N3O8P2. The summed E-state index contributed by atoms with van der Waals surface area (Å²) in [5.41, 5.74) is 5.75. The lowest BCUT2D eigenvalue weighted by Crippen LogP contribution is -2.08. The van der Waals surface area contributed by atoms with Crippen LogP contribution in [0.1, 0.15) is 5.69 Å². The molecule has 1 atom stereocenters. The summed E-state index contributed by atoms with van der Waals surface area (Å²) in [6, 6.07) is 0. The monoisotopic (exact) mass is 305 g/mol. The molecule has 1 unspecified atom stereocenters. The zero-order valence-electron chi connectivity index (χ0n) is 8.91. The van der Waals surface area contributed by atoms with E-state index in [4.69, 9.17) is 20.4 Å². The molecule has 0 amide bonds. The van der Waals surface area contributed by atoms with Gasteiger partial charge in [-0.1, -0.05) is 0 Å². The van der Waals surface area contributed by atoms with Crippen molar-refractivity contribution in [1.82, 2.24) is 9.71 Å². The fraction of sp³-hybridized carbons (Fsp3) is 0.400. The van der Waals surface area contributed by atoms with Gasteiger partial charge in [-0.05, 0) is 6.54 Å². The Hall–Kier alpha value is -0.770. The van der Waals surface area contributed by atoms with E-state index >= 15 is 0 Å². The van der Waals surface area contributed by atoms with Crippen LogP contribution >= 0.6 is 15.6 Å². The van der Waals surface area contributed by atoms with Crippen LogP contribution in [0.15, 0.2) is 12.5 Å². The van der Waals surface area contributed by atoms with E-state index in [1.54, 1.807) is 0 Å². The van der Waals surface area contributed by atoms with Crippen LogP contribution in [0, 0.1) is 0 Å². The lowest BCUT2D eigenvalue weighted by molar-refractivity contribution is 0.164. The van der Waals surface area contributed by atoms with Crippen molar-refractivity contribution < 1.29 is 38.2 Å². The Morgan fingerprint density at radius 2 is 2.00 bits per heavy atom. The van der Waals surface area contributed by atoms with Crippen LogP contribution in [-0.2, 0) is 19.9 Å². The zero-order chi connectivity index (χ0) is 13.1. The third kappa shape index (κ3) is 6.24. The minimum Gasteiger partial charge on any atom is -0.412 e. The van der Waals surface area contributed by atoms with Crippen molar-refractivity contribution in [3.8, 4) is 0 Å². The summed E-state index contributed by atoms with van der Waals surface area (Å²) in [6.45, 7) is 0.326. The van der Waals surface area contributed by atoms with E-state index in [-0.39, 0.29) is 5.48 Å². The van der Waals surface area contributed by atoms with Crippen molar-refractivity contribution in [3.63, 3.8) is 0 Å². The molecule has 0 aliphatic heterocycles. The van der Waals surface area contributed by atoms with Crippen LogP contribution < -0.4 is 10.4 Å². The van der Waals surface area contributed by atoms with E-state index in [9.17, 15) is 9.13 Å². The predicted molar refractivity (Wildman–Crippen MR) is 58.1 cm³/mol. The fourth-order valence-electron chi connectivity index (χ4n) is 0.935. The van der Waals surface area contributed by atoms with Crippen LogP contribution in [-0.4, -0.2) is 36.4 Å². The maximum absolute atomic E-state index is 11.1. The van der Waals surface area contributed by atoms with Crippen molar-refractivity contribution >= 4 is 15.6 Å². The highest BCUT2D eigenvalue weighted by Crippen LogP contribution is 2.55. The molecule has 0 aromatic carbocycles. The largest absolute Gasteiger partial charge is 0.555 e. The summed E-state index contributed by atoms with van der Waals surface area (Å²) in [5.74, 6) is 0. The van der Waals surface area contributed by atoms with E-state index in [2.05, 4.69) is 13.9 Å². The Morgan fingerprint density at radius 1 is 1.39 bits per heavy atom. The molecule has 7 N–H and O–H groups in total. The maximum Gasteiger partial charge on any atom is 0.555 e. The Labute approximate surface area is 101 Å². The van der Waals surface area contributed by atoms with Gasteiger partial charge in [-0.3, -0.25) is 4.89 Å². The van der Waals surface area contributed by atoms with Gasteiger partial charge in [-0.2, -0.15) is 9.04 Å². The van der Waals surface area contributed by atoms with Crippen molar-refractivity contribution in [2.45, 2.75) is 6.42 Å². The highest BCUT2D eigenvalue weighted by Gasteiger charge is 2.34. The number of hydrogen-bond acceptors (Lipinski definition) is 6. The number of imidazole rings is 1. The number of phosphoric acid groups is 2. The average molecular weight is 305 g/mol. The van der Waals surface area contributed by atoms with Crippen molar-refractivity contribution in [2.24, 2.45) is 5.73 Å². The van der Waals surface area contributed by atoms with Crippen LogP contribution in [0.3, 0.4) is 0 Å². The number of aromatic nitrogens is 2. The normalized spacial score (nSPS) is 14.7. The molecule has 0 aliphatic carbocycles. The highest BCUT2D eigenvalue weighted by atomic mass is 31.3. The smallest absolute Gasteiger partial charge is 0.412 e. The van der Waals surface area contributed by atoms with Crippen LogP contribution in [0.2, 0.25) is 0 Å². The Kier molecular flexibility index (Phi) is 6.14. The molecule has 106 valence electrons. The minimum atomic E-state index is -5.12. The minimum absolute atomic E-state index is 0. The lowest BCUT2D eigenvalue weighted by Gasteiger charge is -2.12. The quantitative estimate of drug-likeness (QED) is 0.439. The molecule has 13 heteroatoms. The van der Waals surface area contributed by atoms with E-state index in [0.29, 0.717) is 23.4 Å². The second-order valence-corrected chi connectivity index (χ2v) is 5.62. The van der Waals surface area contributed by atoms with Crippen molar-refractivity contribution in [3.05, 3.63) is 18.2 Å². The Morgan fingerprint density at radius 3 is 2.50 bits per heavy atom. The molecule has 1 aromatic rings. The summed E-state index contributed by atoms with van der Waals surface area (Å²) in [4.78, 5) is 29.5. The second kappa shape index (κ2) is 6.41. The Bertz CT molecular complexity index is 469. The van der Waals surface area contributed by atoms with Crippen LogP contribution in [0.4, 0.5) is 0 Å². The molecule has 0 fully saturated rings. The third-order valence-electron chi connectivity index (χ3n) is 1.42. The SMILES string of the molecule is NCCc1cn(OP(=O)(O)OP(=O)(O)O)cn1.O. The third-order valence-corrected chi connectivity index (χ3v) is 3.49. The standard InChI is InChI=1S/C5H11N3O7P2.H2O/c6-2-1-5-3-8(4-7-5)14-17(12,13)15-16(9,10)11;/h3-4H,1-2,6H2,(H,12,13)(H2,9,10,11);1H2. The van der Waals surface area contributed by atoms with Gasteiger partial charge >= 0.3 is 15.6 Å². The van der Waals surface area contributed by atoms with E-state index < -0.39 is 15.6 Å². The summed E-state index contributed by atoms with van der Waals surface area (Å²) < 4.78 is 30.1. The van der Waals surface area contributed by atoms with Gasteiger partial charge in [0, 0.05) is 6.42 Å². The van der Waals surface area contributed by atoms with Crippen LogP contribution in [0.25, 0.3) is 0 Å². The molecule has 0 spiro atoms. The fourth-order valence-corrected chi connectivity index (χ4v) is 2.46. The highest BCUT2D eigenvalue weighted by molar-refractivity contribution is 7.60. The molecular weight excluding hydrogens is 292 g/mol. The van der Waals surface area contributed by atoms with Gasteiger partial charge in [-0.25, -0.2) is 14.1 Å². The summed E-state index contributed by atoms with van der Waals surface area (Å²) in [6.07, 6.45) is 2.70. The molecule has 18 heavy (non-hydrogen) atoms. The summed E-state index contributed by atoms with van der Waals surface area (Å²) in [5, 5.41) is 0. The van der Waals surface area contributed by atoms with E-state index in [1.165, 1.54) is 6.20 Å². The first-order chi connectivity index (χ1) is 7.72. The molecule has 1 rings (SSSR count). The topological polar surface area (TPSA) is 189 Å². The first-order valence-corrected chi connectivity index (χ1v) is 7.27. The van der Waals surface area contributed by atoms with Gasteiger partial charge in [0.1, 0.15) is 6.33 Å². The van der Waals surface area contributed by atoms with Gasteiger partial charge in [-0.15, -0.1) is 0 Å². The predicted octanol–water partition coefficient (Wildman–Crippen LogP) is -1.80. The first-order valence-electron chi connectivity index (χ1n) is 4.24. The molecule has 0 aliphatic rings. The molecule has 0 saturated heterocycles. The summed E-state index contributed by atoms with van der Waals surface area (Å²) in [7, 11) is -10.0. The number of nitrogens with two attached hydrogens (primary N) is 1. The second-order valence-electron chi connectivity index (χ2n) is 2.89. The lowest BCUT2D eigenvalue weighted by atomic mass is 10.3. The number of nitrogens with zero attached hydrogens (tertiary/aromatic N) is 2. The Balaban J connectivity index is 0.00000289. The molecule has 11 nitrogen and oxygen atoms in total. The zero-order valence-corrected chi connectivity index (χ0v) is 10.7. The maximum atomic E-state index is 11.1. The number of rotatable bonds is 6. The van der Waals surface area contributed by atoms with E-state index in [1.807, 2.05) is 0 Å². The molecule has 0 radical (unpaired) electrons. The van der Waals surface area contributed by atoms with Gasteiger partial charge in [0.2, 0.25) is 0 Å². The average Bonchev–Trinajstić information content (AvgIpc) is 2.47. The van der Waals surface area contributed by atoms with Gasteiger partial charge in [0.05, 0.1) is 11.9 Å². The van der Waals surface area contributed by atoms with Gasteiger partial charge < -0.3 is 25.6 Å². The van der Waals surface area contributed by atoms with Crippen molar-refractivity contribution in [2.75, 3.05) is 6.54 Å². The molecule has 1 aromatic heterocycles. The first kappa shape index (κ1) is 17.2.